The Morgan fingerprint density at radius 3 is 2.45 bits per heavy atom. The summed E-state index contributed by atoms with van der Waals surface area (Å²) in [7, 11) is -1.85. The van der Waals surface area contributed by atoms with E-state index < -0.39 is 38.8 Å². The molecule has 2 N–H and O–H groups in total. The van der Waals surface area contributed by atoms with Crippen LogP contribution in [-0.2, 0) is 34.0 Å². The standard InChI is InChI=1S/C29H35FN2O6S2/c1-4-6-15-39(36)31-27(13-14-33)25-17-28(34)32(3)18-26(25)24-16-20(19-40(37,38)5-2)7-12-23(24)29(35)21-8-10-22(30)11-9-21/h7-12,16-18,27,31,33H,4-6,13-15,19H2,1-3H3/t27-,39-/m0/s1. The van der Waals surface area contributed by atoms with Gasteiger partial charge in [0, 0.05) is 59.7 Å². The molecule has 2 atom stereocenters. The Morgan fingerprint density at radius 2 is 1.82 bits per heavy atom. The van der Waals surface area contributed by atoms with Crippen molar-refractivity contribution in [3.63, 3.8) is 0 Å². The van der Waals surface area contributed by atoms with E-state index in [1.165, 1.54) is 41.0 Å². The van der Waals surface area contributed by atoms with Crippen molar-refractivity contribution < 1.29 is 27.3 Å². The van der Waals surface area contributed by atoms with E-state index in [1.54, 1.807) is 32.3 Å². The highest BCUT2D eigenvalue weighted by atomic mass is 32.2. The number of pyridine rings is 1. The summed E-state index contributed by atoms with van der Waals surface area (Å²) in [5, 5.41) is 9.81. The lowest BCUT2D eigenvalue weighted by atomic mass is 9.88. The second-order valence-electron chi connectivity index (χ2n) is 9.57. The molecule has 0 unspecified atom stereocenters. The normalized spacial score (nSPS) is 13.2. The van der Waals surface area contributed by atoms with E-state index in [4.69, 9.17) is 0 Å². The van der Waals surface area contributed by atoms with E-state index in [1.807, 2.05) is 6.92 Å². The lowest BCUT2D eigenvalue weighted by Gasteiger charge is -2.24. The third-order valence-corrected chi connectivity index (χ3v) is 9.42. The van der Waals surface area contributed by atoms with Gasteiger partial charge in [0.05, 0.1) is 11.8 Å². The van der Waals surface area contributed by atoms with Gasteiger partial charge in [-0.25, -0.2) is 12.8 Å². The van der Waals surface area contributed by atoms with Crippen molar-refractivity contribution in [1.29, 1.82) is 0 Å². The first-order valence-corrected chi connectivity index (χ1v) is 16.2. The van der Waals surface area contributed by atoms with Crippen LogP contribution in [0.1, 0.15) is 66.2 Å². The van der Waals surface area contributed by atoms with Crippen molar-refractivity contribution in [3.05, 3.63) is 93.2 Å². The van der Waals surface area contributed by atoms with Gasteiger partial charge >= 0.3 is 0 Å². The maximum atomic E-state index is 13.6. The van der Waals surface area contributed by atoms with Gasteiger partial charge in [0.25, 0.3) is 5.56 Å². The summed E-state index contributed by atoms with van der Waals surface area (Å²) in [6.45, 7) is 3.28. The van der Waals surface area contributed by atoms with E-state index in [-0.39, 0.29) is 41.2 Å². The molecule has 0 saturated heterocycles. The Kier molecular flexibility index (Phi) is 11.2. The number of aliphatic hydroxyl groups is 1. The van der Waals surface area contributed by atoms with Gasteiger partial charge in [-0.2, -0.15) is 0 Å². The van der Waals surface area contributed by atoms with Gasteiger partial charge in [0.15, 0.2) is 15.6 Å². The van der Waals surface area contributed by atoms with Gasteiger partial charge in [-0.3, -0.25) is 9.59 Å². The fourth-order valence-electron chi connectivity index (χ4n) is 4.27. The number of sulfone groups is 1. The van der Waals surface area contributed by atoms with Crippen molar-refractivity contribution in [1.82, 2.24) is 9.29 Å². The van der Waals surface area contributed by atoms with Gasteiger partial charge in [-0.1, -0.05) is 32.4 Å². The number of halogens is 1. The van der Waals surface area contributed by atoms with Crippen LogP contribution in [0.3, 0.4) is 0 Å². The SMILES string of the molecule is CCCC[S@+]([O-])N[C@@H](CCO)c1cc(=O)n(C)cc1-c1cc(CS(=O)(=O)CC)ccc1C(=O)c1ccc(F)cc1. The topological polar surface area (TPSA) is 129 Å². The third kappa shape index (κ3) is 8.11. The van der Waals surface area contributed by atoms with Crippen LogP contribution >= 0.6 is 0 Å². The number of benzene rings is 2. The number of aryl methyl sites for hydroxylation is 1. The number of carbonyl (C=O) groups excluding carboxylic acids is 1. The van der Waals surface area contributed by atoms with E-state index in [2.05, 4.69) is 4.72 Å². The average Bonchev–Trinajstić information content (AvgIpc) is 2.92. The van der Waals surface area contributed by atoms with Crippen molar-refractivity contribution in [3.8, 4) is 11.1 Å². The number of carbonyl (C=O) groups is 1. The van der Waals surface area contributed by atoms with Crippen molar-refractivity contribution in [2.75, 3.05) is 18.1 Å². The van der Waals surface area contributed by atoms with Crippen molar-refractivity contribution >= 4 is 27.0 Å². The van der Waals surface area contributed by atoms with Crippen LogP contribution in [0.15, 0.2) is 59.5 Å². The summed E-state index contributed by atoms with van der Waals surface area (Å²) in [6, 6.07) is 10.5. The molecular weight excluding hydrogens is 555 g/mol. The number of nitrogens with one attached hydrogen (secondary N) is 1. The molecule has 2 aromatic carbocycles. The molecule has 1 aromatic heterocycles. The van der Waals surface area contributed by atoms with Crippen LogP contribution in [0.5, 0.6) is 0 Å². The van der Waals surface area contributed by atoms with Gasteiger partial charge in [0.1, 0.15) is 11.6 Å². The summed E-state index contributed by atoms with van der Waals surface area (Å²) in [5.74, 6) is -0.834. The van der Waals surface area contributed by atoms with Crippen LogP contribution in [0.2, 0.25) is 0 Å². The lowest BCUT2D eigenvalue weighted by Crippen LogP contribution is -2.33. The molecule has 0 aliphatic rings. The zero-order chi connectivity index (χ0) is 29.4. The van der Waals surface area contributed by atoms with Crippen LogP contribution in [0.25, 0.3) is 11.1 Å². The first-order valence-electron chi connectivity index (χ1n) is 13.1. The van der Waals surface area contributed by atoms with Crippen LogP contribution in [0.4, 0.5) is 4.39 Å². The highest BCUT2D eigenvalue weighted by molar-refractivity contribution is 7.90. The molecular formula is C29H35FN2O6S2. The number of ketones is 1. The molecule has 0 fully saturated rings. The zero-order valence-corrected chi connectivity index (χ0v) is 24.5. The molecule has 0 saturated carbocycles. The van der Waals surface area contributed by atoms with Crippen LogP contribution < -0.4 is 10.3 Å². The maximum Gasteiger partial charge on any atom is 0.250 e. The quantitative estimate of drug-likeness (QED) is 0.216. The molecule has 0 bridgehead atoms. The maximum absolute atomic E-state index is 13.6. The zero-order valence-electron chi connectivity index (χ0n) is 22.9. The molecule has 8 nitrogen and oxygen atoms in total. The third-order valence-electron chi connectivity index (χ3n) is 6.56. The molecule has 0 amide bonds. The molecule has 0 aliphatic heterocycles. The minimum Gasteiger partial charge on any atom is -0.598 e. The van der Waals surface area contributed by atoms with Crippen molar-refractivity contribution in [2.24, 2.45) is 7.05 Å². The Bertz CT molecular complexity index is 1490. The number of rotatable bonds is 14. The van der Waals surface area contributed by atoms with E-state index in [0.717, 1.165) is 12.8 Å². The second kappa shape index (κ2) is 14.2. The molecule has 3 rings (SSSR count). The molecule has 1 heterocycles. The number of hydrogen-bond acceptors (Lipinski definition) is 7. The summed E-state index contributed by atoms with van der Waals surface area (Å²) in [4.78, 5) is 26.4. The fraction of sp³-hybridized carbons (Fsp3) is 0.379. The molecule has 3 aromatic rings. The Morgan fingerprint density at radius 1 is 1.12 bits per heavy atom. The van der Waals surface area contributed by atoms with E-state index in [9.17, 15) is 32.1 Å². The van der Waals surface area contributed by atoms with Crippen molar-refractivity contribution in [2.45, 2.75) is 44.9 Å². The largest absolute Gasteiger partial charge is 0.598 e. The first-order chi connectivity index (χ1) is 19.0. The Hall–Kier alpha value is -2.83. The summed E-state index contributed by atoms with van der Waals surface area (Å²) < 4.78 is 55.6. The molecule has 0 aliphatic carbocycles. The van der Waals surface area contributed by atoms with Gasteiger partial charge in [0.2, 0.25) is 0 Å². The second-order valence-corrected chi connectivity index (χ2v) is 13.3. The van der Waals surface area contributed by atoms with E-state index >= 15 is 0 Å². The minimum absolute atomic E-state index is 0.0598. The van der Waals surface area contributed by atoms with E-state index in [0.29, 0.717) is 28.0 Å². The van der Waals surface area contributed by atoms with Crippen LogP contribution in [-0.4, -0.2) is 46.5 Å². The summed E-state index contributed by atoms with van der Waals surface area (Å²) in [6.07, 6.45) is 3.26. The Balaban J connectivity index is 2.26. The fourth-order valence-corrected chi connectivity index (χ4v) is 6.39. The van der Waals surface area contributed by atoms with Gasteiger partial charge in [-0.05, 0) is 59.9 Å². The van der Waals surface area contributed by atoms with Gasteiger partial charge < -0.3 is 14.2 Å². The lowest BCUT2D eigenvalue weighted by molar-refractivity contribution is 0.103. The number of unbranched alkanes of at least 4 members (excludes halogenated alkanes) is 1. The molecule has 216 valence electrons. The highest BCUT2D eigenvalue weighted by Gasteiger charge is 2.26. The average molecular weight is 591 g/mol. The minimum atomic E-state index is -3.40. The number of hydrogen-bond donors (Lipinski definition) is 2. The predicted molar refractivity (Wildman–Crippen MR) is 156 cm³/mol. The molecule has 40 heavy (non-hydrogen) atoms. The monoisotopic (exact) mass is 590 g/mol. The smallest absolute Gasteiger partial charge is 0.250 e. The molecule has 11 heteroatoms. The first kappa shape index (κ1) is 31.7. The predicted octanol–water partition coefficient (Wildman–Crippen LogP) is 3.83. The number of nitrogens with zero attached hydrogens (tertiary/aromatic N) is 1. The summed E-state index contributed by atoms with van der Waals surface area (Å²) >= 11 is -1.45. The number of aromatic nitrogens is 1. The summed E-state index contributed by atoms with van der Waals surface area (Å²) in [5.41, 5.74) is 1.79. The number of aliphatic hydroxyl groups excluding tert-OH is 1. The molecule has 0 spiro atoms. The Labute approximate surface area is 237 Å². The molecule has 0 radical (unpaired) electrons. The highest BCUT2D eigenvalue weighted by Crippen LogP contribution is 2.34. The van der Waals surface area contributed by atoms with Crippen LogP contribution in [0, 0.1) is 5.82 Å². The van der Waals surface area contributed by atoms with Gasteiger partial charge in [-0.15, -0.1) is 4.72 Å².